The number of nitrogen functional groups attached to an aromatic ring is 1. The molecule has 0 fully saturated rings. The monoisotopic (exact) mass is 385 g/mol. The second kappa shape index (κ2) is 8.64. The number of aromatic amines is 1. The molecule has 2 heterocycles. The number of rotatable bonds is 7. The van der Waals surface area contributed by atoms with E-state index in [-0.39, 0.29) is 29.5 Å². The molecule has 9 heteroatoms. The first-order valence-electron chi connectivity index (χ1n) is 9.51. The van der Waals surface area contributed by atoms with E-state index in [2.05, 4.69) is 38.2 Å². The van der Waals surface area contributed by atoms with Gasteiger partial charge in [0, 0.05) is 30.4 Å². The summed E-state index contributed by atoms with van der Waals surface area (Å²) in [5, 5.41) is 12.6. The van der Waals surface area contributed by atoms with Crippen LogP contribution in [0.1, 0.15) is 37.0 Å². The van der Waals surface area contributed by atoms with Crippen molar-refractivity contribution in [2.24, 2.45) is 0 Å². The molecule has 0 saturated carbocycles. The van der Waals surface area contributed by atoms with Crippen LogP contribution in [-0.2, 0) is 0 Å². The fourth-order valence-electron chi connectivity index (χ4n) is 3.14. The lowest BCUT2D eigenvalue weighted by molar-refractivity contribution is 0.0938. The number of H-pyrrole nitrogens is 1. The van der Waals surface area contributed by atoms with Crippen molar-refractivity contribution in [3.05, 3.63) is 40.2 Å². The molecular weight excluding hydrogens is 358 g/mol. The standard InChI is InChI=1S/C19H27N7O2/c1-3-4-11(2)23-17(27)12-5-7-13(8-6-12)21-9-14-10-22-16-15(24-14)18(28)26-19(20)25-16/h5-8,11,14,21,24H,3-4,9-10H2,1-2H3,(H,23,27)(H4,20,22,25,26,28). The molecule has 28 heavy (non-hydrogen) atoms. The van der Waals surface area contributed by atoms with Crippen LogP contribution >= 0.6 is 0 Å². The van der Waals surface area contributed by atoms with E-state index in [9.17, 15) is 9.59 Å². The van der Waals surface area contributed by atoms with Crippen molar-refractivity contribution >= 4 is 29.0 Å². The van der Waals surface area contributed by atoms with E-state index in [1.165, 1.54) is 0 Å². The summed E-state index contributed by atoms with van der Waals surface area (Å²) < 4.78 is 0. The Morgan fingerprint density at radius 3 is 2.82 bits per heavy atom. The van der Waals surface area contributed by atoms with Crippen molar-refractivity contribution in [1.82, 2.24) is 15.3 Å². The summed E-state index contributed by atoms with van der Waals surface area (Å²) in [7, 11) is 0. The lowest BCUT2D eigenvalue weighted by Gasteiger charge is -2.27. The number of carbonyl (C=O) groups is 1. The summed E-state index contributed by atoms with van der Waals surface area (Å²) in [6.45, 7) is 5.30. The van der Waals surface area contributed by atoms with Gasteiger partial charge < -0.3 is 27.0 Å². The topological polar surface area (TPSA) is 137 Å². The predicted octanol–water partition coefficient (Wildman–Crippen LogP) is 1.59. The van der Waals surface area contributed by atoms with Gasteiger partial charge in [0.25, 0.3) is 11.5 Å². The predicted molar refractivity (Wildman–Crippen MR) is 112 cm³/mol. The van der Waals surface area contributed by atoms with Crippen molar-refractivity contribution in [1.29, 1.82) is 0 Å². The highest BCUT2D eigenvalue weighted by molar-refractivity contribution is 5.94. The van der Waals surface area contributed by atoms with Crippen LogP contribution < -0.4 is 32.6 Å². The quantitative estimate of drug-likeness (QED) is 0.426. The second-order valence-corrected chi connectivity index (χ2v) is 7.02. The zero-order valence-electron chi connectivity index (χ0n) is 16.1. The first-order chi connectivity index (χ1) is 13.5. The van der Waals surface area contributed by atoms with E-state index in [1.54, 1.807) is 12.1 Å². The third-order valence-electron chi connectivity index (χ3n) is 4.60. The Bertz CT molecular complexity index is 879. The van der Waals surface area contributed by atoms with Crippen molar-refractivity contribution in [2.45, 2.75) is 38.8 Å². The average Bonchev–Trinajstić information content (AvgIpc) is 2.67. The molecule has 0 spiro atoms. The third-order valence-corrected chi connectivity index (χ3v) is 4.60. The Balaban J connectivity index is 1.54. The second-order valence-electron chi connectivity index (χ2n) is 7.02. The van der Waals surface area contributed by atoms with Gasteiger partial charge >= 0.3 is 0 Å². The van der Waals surface area contributed by atoms with Crippen LogP contribution in [0.3, 0.4) is 0 Å². The van der Waals surface area contributed by atoms with Gasteiger partial charge in [0.05, 0.1) is 6.04 Å². The number of nitrogens with zero attached hydrogens (tertiary/aromatic N) is 1. The van der Waals surface area contributed by atoms with E-state index in [0.717, 1.165) is 18.5 Å². The molecule has 150 valence electrons. The number of hydrogen-bond donors (Lipinski definition) is 6. The van der Waals surface area contributed by atoms with Crippen molar-refractivity contribution < 1.29 is 4.79 Å². The minimum Gasteiger partial charge on any atom is -0.383 e. The molecule has 0 aliphatic carbocycles. The van der Waals surface area contributed by atoms with Gasteiger partial charge in [0.1, 0.15) is 5.69 Å². The minimum absolute atomic E-state index is 0.00288. The zero-order valence-corrected chi connectivity index (χ0v) is 16.1. The fraction of sp³-hybridized carbons (Fsp3) is 0.421. The van der Waals surface area contributed by atoms with Crippen LogP contribution in [0, 0.1) is 0 Å². The Morgan fingerprint density at radius 2 is 2.11 bits per heavy atom. The van der Waals surface area contributed by atoms with Gasteiger partial charge in [-0.1, -0.05) is 13.3 Å². The smallest absolute Gasteiger partial charge is 0.277 e. The van der Waals surface area contributed by atoms with Gasteiger partial charge in [-0.2, -0.15) is 4.98 Å². The fourth-order valence-corrected chi connectivity index (χ4v) is 3.14. The number of nitrogens with one attached hydrogen (secondary N) is 5. The van der Waals surface area contributed by atoms with Crippen LogP contribution in [0.5, 0.6) is 0 Å². The first-order valence-corrected chi connectivity index (χ1v) is 9.51. The summed E-state index contributed by atoms with van der Waals surface area (Å²) in [5.74, 6) is 0.487. The Morgan fingerprint density at radius 1 is 1.36 bits per heavy atom. The highest BCUT2D eigenvalue weighted by Gasteiger charge is 2.21. The van der Waals surface area contributed by atoms with Gasteiger partial charge in [-0.05, 0) is 37.6 Å². The highest BCUT2D eigenvalue weighted by Crippen LogP contribution is 2.20. The summed E-state index contributed by atoms with van der Waals surface area (Å²) in [6.07, 6.45) is 2.00. The number of amides is 1. The van der Waals surface area contributed by atoms with E-state index in [0.29, 0.717) is 30.2 Å². The van der Waals surface area contributed by atoms with Gasteiger partial charge in [0.2, 0.25) is 5.95 Å². The van der Waals surface area contributed by atoms with Crippen LogP contribution in [0.2, 0.25) is 0 Å². The van der Waals surface area contributed by atoms with Crippen LogP contribution in [-0.4, -0.2) is 41.0 Å². The molecule has 0 radical (unpaired) electrons. The zero-order chi connectivity index (χ0) is 20.1. The first kappa shape index (κ1) is 19.5. The van der Waals surface area contributed by atoms with E-state index >= 15 is 0 Å². The largest absolute Gasteiger partial charge is 0.383 e. The highest BCUT2D eigenvalue weighted by atomic mass is 16.1. The van der Waals surface area contributed by atoms with Gasteiger partial charge in [0.15, 0.2) is 5.82 Å². The van der Waals surface area contributed by atoms with Gasteiger partial charge in [-0.3, -0.25) is 14.6 Å². The molecule has 1 aliphatic rings. The summed E-state index contributed by atoms with van der Waals surface area (Å²) in [6, 6.07) is 7.51. The van der Waals surface area contributed by atoms with Crippen LogP contribution in [0.25, 0.3) is 0 Å². The molecule has 0 bridgehead atoms. The molecule has 2 atom stereocenters. The number of carbonyl (C=O) groups excluding carboxylic acids is 1. The van der Waals surface area contributed by atoms with Gasteiger partial charge in [-0.25, -0.2) is 0 Å². The molecule has 2 unspecified atom stereocenters. The van der Waals surface area contributed by atoms with E-state index < -0.39 is 0 Å². The molecule has 1 aromatic carbocycles. The Hall–Kier alpha value is -3.23. The number of aromatic nitrogens is 2. The summed E-state index contributed by atoms with van der Waals surface area (Å²) in [4.78, 5) is 30.8. The molecule has 1 aliphatic heterocycles. The van der Waals surface area contributed by atoms with Gasteiger partial charge in [-0.15, -0.1) is 0 Å². The number of hydrogen-bond acceptors (Lipinski definition) is 7. The van der Waals surface area contributed by atoms with Crippen molar-refractivity contribution in [2.75, 3.05) is 34.8 Å². The number of nitrogens with two attached hydrogens (primary N) is 1. The summed E-state index contributed by atoms with van der Waals surface area (Å²) >= 11 is 0. The maximum absolute atomic E-state index is 12.2. The van der Waals surface area contributed by atoms with Crippen molar-refractivity contribution in [3.8, 4) is 0 Å². The molecule has 9 nitrogen and oxygen atoms in total. The lowest BCUT2D eigenvalue weighted by Crippen LogP contribution is -2.41. The molecular formula is C19H27N7O2. The number of fused-ring (bicyclic) bond motifs is 1. The third kappa shape index (κ3) is 4.73. The molecule has 7 N–H and O–H groups in total. The molecule has 2 aromatic rings. The Kier molecular flexibility index (Phi) is 6.03. The molecule has 3 rings (SSSR count). The SMILES string of the molecule is CCCC(C)NC(=O)c1ccc(NCC2CNc3nc(N)[nH]c(=O)c3N2)cc1. The van der Waals surface area contributed by atoms with E-state index in [1.807, 2.05) is 19.1 Å². The molecule has 1 aromatic heterocycles. The molecule has 1 amide bonds. The maximum Gasteiger partial charge on any atom is 0.277 e. The van der Waals surface area contributed by atoms with Crippen LogP contribution in [0.4, 0.5) is 23.1 Å². The van der Waals surface area contributed by atoms with E-state index in [4.69, 9.17) is 5.73 Å². The Labute approximate surface area is 163 Å². The number of benzene rings is 1. The lowest BCUT2D eigenvalue weighted by atomic mass is 10.1. The number of anilines is 4. The van der Waals surface area contributed by atoms with Crippen molar-refractivity contribution in [3.63, 3.8) is 0 Å². The summed E-state index contributed by atoms with van der Waals surface area (Å²) in [5.41, 5.74) is 7.17. The normalized spacial score (nSPS) is 16.3. The van der Waals surface area contributed by atoms with Crippen LogP contribution in [0.15, 0.2) is 29.1 Å². The maximum atomic E-state index is 12.2. The minimum atomic E-state index is -0.299. The molecule has 0 saturated heterocycles. The average molecular weight is 385 g/mol.